The normalized spacial score (nSPS) is 21.2. The van der Waals surface area contributed by atoms with Gasteiger partial charge in [-0.1, -0.05) is 0 Å². The average molecular weight is 318 g/mol. The summed E-state index contributed by atoms with van der Waals surface area (Å²) in [5.41, 5.74) is 2.55. The van der Waals surface area contributed by atoms with Gasteiger partial charge in [0.2, 0.25) is 5.91 Å². The zero-order chi connectivity index (χ0) is 16.4. The maximum absolute atomic E-state index is 12.6. The van der Waals surface area contributed by atoms with Crippen LogP contribution in [-0.2, 0) is 11.2 Å². The number of ether oxygens (including phenoxy) is 2. The summed E-state index contributed by atoms with van der Waals surface area (Å²) >= 11 is 0. The van der Waals surface area contributed by atoms with Crippen LogP contribution in [0.3, 0.4) is 0 Å². The minimum Gasteiger partial charge on any atom is -0.493 e. The van der Waals surface area contributed by atoms with Crippen molar-refractivity contribution in [2.24, 2.45) is 0 Å². The third kappa shape index (κ3) is 3.29. The van der Waals surface area contributed by atoms with Gasteiger partial charge in [-0.2, -0.15) is 0 Å². The Morgan fingerprint density at radius 3 is 2.43 bits per heavy atom. The smallest absolute Gasteiger partial charge is 0.223 e. The maximum atomic E-state index is 12.6. The zero-order valence-electron chi connectivity index (χ0n) is 14.3. The number of carbonyl (C=O) groups excluding carboxylic acids is 1. The molecule has 126 valence electrons. The molecule has 1 amide bonds. The monoisotopic (exact) mass is 318 g/mol. The van der Waals surface area contributed by atoms with Crippen molar-refractivity contribution in [2.45, 2.75) is 25.2 Å². The van der Waals surface area contributed by atoms with Crippen molar-refractivity contribution in [1.29, 1.82) is 0 Å². The molecular weight excluding hydrogens is 292 g/mol. The molecule has 1 unspecified atom stereocenters. The van der Waals surface area contributed by atoms with Crippen LogP contribution >= 0.6 is 0 Å². The van der Waals surface area contributed by atoms with Gasteiger partial charge in [0, 0.05) is 32.6 Å². The molecule has 2 aliphatic rings. The van der Waals surface area contributed by atoms with Gasteiger partial charge in [0.1, 0.15) is 0 Å². The lowest BCUT2D eigenvalue weighted by Gasteiger charge is -2.33. The van der Waals surface area contributed by atoms with Gasteiger partial charge >= 0.3 is 0 Å². The molecule has 5 heteroatoms. The Hall–Kier alpha value is -1.75. The molecule has 1 aromatic rings. The van der Waals surface area contributed by atoms with E-state index in [0.29, 0.717) is 12.3 Å². The Bertz CT molecular complexity index is 580. The molecule has 0 radical (unpaired) electrons. The molecule has 1 atom stereocenters. The zero-order valence-corrected chi connectivity index (χ0v) is 14.3. The van der Waals surface area contributed by atoms with Gasteiger partial charge in [-0.15, -0.1) is 0 Å². The van der Waals surface area contributed by atoms with Crippen LogP contribution in [0.5, 0.6) is 11.5 Å². The highest BCUT2D eigenvalue weighted by molar-refractivity contribution is 5.77. The Balaban J connectivity index is 1.71. The van der Waals surface area contributed by atoms with Crippen molar-refractivity contribution < 1.29 is 14.3 Å². The number of hydrogen-bond acceptors (Lipinski definition) is 4. The highest BCUT2D eigenvalue weighted by Crippen LogP contribution is 2.42. The van der Waals surface area contributed by atoms with Gasteiger partial charge in [-0.3, -0.25) is 4.79 Å². The number of fused-ring (bicyclic) bond motifs is 1. The molecule has 1 saturated heterocycles. The second-order valence-corrected chi connectivity index (χ2v) is 6.53. The van der Waals surface area contributed by atoms with E-state index in [-0.39, 0.29) is 5.91 Å². The summed E-state index contributed by atoms with van der Waals surface area (Å²) < 4.78 is 10.8. The van der Waals surface area contributed by atoms with Crippen molar-refractivity contribution in [2.75, 3.05) is 47.4 Å². The highest BCUT2D eigenvalue weighted by Gasteiger charge is 2.29. The van der Waals surface area contributed by atoms with Crippen molar-refractivity contribution in [1.82, 2.24) is 9.80 Å². The standard InChI is InChI=1S/C18H26N2O3/c1-19-6-8-20(9-7-19)18(21)11-14-5-4-13-10-16(22-2)17(23-3)12-15(13)14/h10,12,14H,4-9,11H2,1-3H3. The van der Waals surface area contributed by atoms with Crippen LogP contribution in [0.15, 0.2) is 12.1 Å². The van der Waals surface area contributed by atoms with Crippen LogP contribution in [-0.4, -0.2) is 63.2 Å². The summed E-state index contributed by atoms with van der Waals surface area (Å²) in [6, 6.07) is 4.12. The molecule has 0 bridgehead atoms. The van der Waals surface area contributed by atoms with Crippen LogP contribution in [0.1, 0.15) is 29.9 Å². The van der Waals surface area contributed by atoms with Crippen molar-refractivity contribution in [3.05, 3.63) is 23.3 Å². The minimum atomic E-state index is 0.283. The lowest BCUT2D eigenvalue weighted by atomic mass is 9.96. The Kier molecular flexibility index (Phi) is 4.76. The number of carbonyl (C=O) groups is 1. The SMILES string of the molecule is COc1cc2c(cc1OC)C(CC(=O)N1CCN(C)CC1)CC2. The molecule has 23 heavy (non-hydrogen) atoms. The molecule has 1 aliphatic carbocycles. The Labute approximate surface area is 138 Å². The molecule has 0 spiro atoms. The van der Waals surface area contributed by atoms with Crippen molar-refractivity contribution >= 4 is 5.91 Å². The fourth-order valence-electron chi connectivity index (χ4n) is 3.63. The first-order chi connectivity index (χ1) is 11.1. The largest absolute Gasteiger partial charge is 0.493 e. The van der Waals surface area contributed by atoms with E-state index in [1.54, 1.807) is 14.2 Å². The predicted molar refractivity (Wildman–Crippen MR) is 89.3 cm³/mol. The van der Waals surface area contributed by atoms with E-state index >= 15 is 0 Å². The van der Waals surface area contributed by atoms with Gasteiger partial charge in [-0.05, 0) is 49.1 Å². The van der Waals surface area contributed by atoms with E-state index in [1.165, 1.54) is 11.1 Å². The van der Waals surface area contributed by atoms with Crippen molar-refractivity contribution in [3.8, 4) is 11.5 Å². The van der Waals surface area contributed by atoms with Crippen molar-refractivity contribution in [3.63, 3.8) is 0 Å². The third-order valence-electron chi connectivity index (χ3n) is 5.12. The van der Waals surface area contributed by atoms with Crippen LogP contribution in [0, 0.1) is 0 Å². The molecule has 1 aliphatic heterocycles. The van der Waals surface area contributed by atoms with Crippen LogP contribution in [0.4, 0.5) is 0 Å². The third-order valence-corrected chi connectivity index (χ3v) is 5.12. The van der Waals surface area contributed by atoms with E-state index in [0.717, 1.165) is 50.5 Å². The molecular formula is C18H26N2O3. The number of piperazine rings is 1. The summed E-state index contributed by atoms with van der Waals surface area (Å²) in [6.45, 7) is 3.64. The van der Waals surface area contributed by atoms with E-state index < -0.39 is 0 Å². The van der Waals surface area contributed by atoms with E-state index in [1.807, 2.05) is 4.90 Å². The Morgan fingerprint density at radius 1 is 1.13 bits per heavy atom. The second kappa shape index (κ2) is 6.79. The number of hydrogen-bond donors (Lipinski definition) is 0. The van der Waals surface area contributed by atoms with E-state index in [2.05, 4.69) is 24.1 Å². The minimum absolute atomic E-state index is 0.283. The molecule has 1 heterocycles. The van der Waals surface area contributed by atoms with Gasteiger partial charge in [0.15, 0.2) is 11.5 Å². The number of amides is 1. The fourth-order valence-corrected chi connectivity index (χ4v) is 3.63. The molecule has 3 rings (SSSR count). The summed E-state index contributed by atoms with van der Waals surface area (Å²) in [6.07, 6.45) is 2.65. The first-order valence-electron chi connectivity index (χ1n) is 8.33. The summed E-state index contributed by atoms with van der Waals surface area (Å²) in [4.78, 5) is 16.9. The summed E-state index contributed by atoms with van der Waals surface area (Å²) in [5, 5.41) is 0. The summed E-state index contributed by atoms with van der Waals surface area (Å²) in [5.74, 6) is 2.12. The number of aryl methyl sites for hydroxylation is 1. The molecule has 0 saturated carbocycles. The first kappa shape index (κ1) is 16.1. The first-order valence-corrected chi connectivity index (χ1v) is 8.33. The van der Waals surface area contributed by atoms with Crippen LogP contribution in [0.2, 0.25) is 0 Å². The second-order valence-electron chi connectivity index (χ2n) is 6.53. The van der Waals surface area contributed by atoms with Gasteiger partial charge in [0.05, 0.1) is 14.2 Å². The molecule has 0 N–H and O–H groups in total. The highest BCUT2D eigenvalue weighted by atomic mass is 16.5. The van der Waals surface area contributed by atoms with E-state index in [4.69, 9.17) is 9.47 Å². The van der Waals surface area contributed by atoms with Crippen LogP contribution < -0.4 is 9.47 Å². The Morgan fingerprint density at radius 2 is 1.78 bits per heavy atom. The average Bonchev–Trinajstić information content (AvgIpc) is 2.96. The predicted octanol–water partition coefficient (Wildman–Crippen LogP) is 1.90. The molecule has 1 aromatic carbocycles. The number of benzene rings is 1. The lowest BCUT2D eigenvalue weighted by molar-refractivity contribution is -0.133. The fraction of sp³-hybridized carbons (Fsp3) is 0.611. The molecule has 5 nitrogen and oxygen atoms in total. The maximum Gasteiger partial charge on any atom is 0.223 e. The topological polar surface area (TPSA) is 42.0 Å². The number of nitrogens with zero attached hydrogens (tertiary/aromatic N) is 2. The van der Waals surface area contributed by atoms with Crippen LogP contribution in [0.25, 0.3) is 0 Å². The van der Waals surface area contributed by atoms with Gasteiger partial charge in [-0.25, -0.2) is 0 Å². The van der Waals surface area contributed by atoms with E-state index in [9.17, 15) is 4.79 Å². The quantitative estimate of drug-likeness (QED) is 0.850. The number of likely N-dealkylation sites (N-methyl/N-ethyl adjacent to an activating group) is 1. The van der Waals surface area contributed by atoms with Gasteiger partial charge < -0.3 is 19.3 Å². The van der Waals surface area contributed by atoms with Gasteiger partial charge in [0.25, 0.3) is 0 Å². The summed E-state index contributed by atoms with van der Waals surface area (Å²) in [7, 11) is 5.42. The lowest BCUT2D eigenvalue weighted by Crippen LogP contribution is -2.47. The number of methoxy groups -OCH3 is 2. The number of rotatable bonds is 4. The molecule has 1 fully saturated rings. The molecule has 0 aromatic heterocycles.